The summed E-state index contributed by atoms with van der Waals surface area (Å²) in [7, 11) is 0. The smallest absolute Gasteiger partial charge is 0.137 e. The summed E-state index contributed by atoms with van der Waals surface area (Å²) < 4.78 is 26.4. The molecule has 0 spiro atoms. The Labute approximate surface area is 103 Å². The Morgan fingerprint density at radius 1 is 1.06 bits per heavy atom. The summed E-state index contributed by atoms with van der Waals surface area (Å²) in [4.78, 5) is 1.05. The Bertz CT molecular complexity index is 555. The van der Waals surface area contributed by atoms with Crippen molar-refractivity contribution in [3.8, 4) is 0 Å². The van der Waals surface area contributed by atoms with Crippen LogP contribution in [-0.2, 0) is 0 Å². The quantitative estimate of drug-likeness (QED) is 0.816. The molecule has 0 amide bonds. The highest BCUT2D eigenvalue weighted by Gasteiger charge is 2.06. The number of nitrogen functional groups attached to an aromatic ring is 1. The predicted octanol–water partition coefficient (Wildman–Crippen LogP) is 4.01. The van der Waals surface area contributed by atoms with Crippen LogP contribution in [0.15, 0.2) is 46.2 Å². The molecule has 0 heterocycles. The Kier molecular flexibility index (Phi) is 3.33. The van der Waals surface area contributed by atoms with Gasteiger partial charge in [0.15, 0.2) is 0 Å². The number of nitrogens with two attached hydrogens (primary N) is 1. The summed E-state index contributed by atoms with van der Waals surface area (Å²) in [6.07, 6.45) is 0. The minimum Gasteiger partial charge on any atom is -0.398 e. The zero-order valence-corrected chi connectivity index (χ0v) is 10.0. The van der Waals surface area contributed by atoms with Gasteiger partial charge in [0, 0.05) is 10.6 Å². The summed E-state index contributed by atoms with van der Waals surface area (Å²) >= 11 is 1.16. The van der Waals surface area contributed by atoms with Crippen molar-refractivity contribution in [3.05, 3.63) is 53.6 Å². The first-order valence-electron chi connectivity index (χ1n) is 5.05. The van der Waals surface area contributed by atoms with Gasteiger partial charge in [-0.3, -0.25) is 0 Å². The van der Waals surface area contributed by atoms with Gasteiger partial charge in [-0.1, -0.05) is 17.8 Å². The fourth-order valence-corrected chi connectivity index (χ4v) is 2.28. The van der Waals surface area contributed by atoms with E-state index in [1.807, 2.05) is 19.1 Å². The van der Waals surface area contributed by atoms with Gasteiger partial charge >= 0.3 is 0 Å². The maximum absolute atomic E-state index is 13.4. The van der Waals surface area contributed by atoms with Crippen LogP contribution in [-0.4, -0.2) is 0 Å². The lowest BCUT2D eigenvalue weighted by atomic mass is 10.2. The van der Waals surface area contributed by atoms with Crippen LogP contribution in [0.5, 0.6) is 0 Å². The van der Waals surface area contributed by atoms with Crippen LogP contribution in [0, 0.1) is 18.6 Å². The third-order valence-corrected chi connectivity index (χ3v) is 3.39. The lowest BCUT2D eigenvalue weighted by Crippen LogP contribution is -1.89. The molecule has 17 heavy (non-hydrogen) atoms. The van der Waals surface area contributed by atoms with Crippen molar-refractivity contribution >= 4 is 17.4 Å². The number of hydrogen-bond donors (Lipinski definition) is 1. The highest BCUT2D eigenvalue weighted by molar-refractivity contribution is 7.99. The van der Waals surface area contributed by atoms with Crippen LogP contribution in [0.2, 0.25) is 0 Å². The van der Waals surface area contributed by atoms with Gasteiger partial charge in [-0.2, -0.15) is 0 Å². The zero-order chi connectivity index (χ0) is 12.4. The Balaban J connectivity index is 2.31. The summed E-state index contributed by atoms with van der Waals surface area (Å²) in [6, 6.07) is 8.84. The molecule has 2 aromatic carbocycles. The molecule has 0 unspecified atom stereocenters. The molecule has 0 atom stereocenters. The first-order valence-corrected chi connectivity index (χ1v) is 5.87. The molecule has 0 bridgehead atoms. The van der Waals surface area contributed by atoms with Gasteiger partial charge in [-0.15, -0.1) is 0 Å². The molecule has 4 heteroatoms. The minimum atomic E-state index is -0.450. The monoisotopic (exact) mass is 251 g/mol. The lowest BCUT2D eigenvalue weighted by Gasteiger charge is -2.06. The Morgan fingerprint density at radius 2 is 1.82 bits per heavy atom. The van der Waals surface area contributed by atoms with Gasteiger partial charge < -0.3 is 5.73 Å². The highest BCUT2D eigenvalue weighted by atomic mass is 32.2. The molecule has 0 radical (unpaired) electrons. The van der Waals surface area contributed by atoms with E-state index in [9.17, 15) is 8.78 Å². The maximum atomic E-state index is 13.4. The second-order valence-electron chi connectivity index (χ2n) is 3.70. The number of anilines is 1. The van der Waals surface area contributed by atoms with Crippen molar-refractivity contribution in [1.82, 2.24) is 0 Å². The van der Waals surface area contributed by atoms with Crippen molar-refractivity contribution in [2.45, 2.75) is 16.7 Å². The summed E-state index contributed by atoms with van der Waals surface area (Å²) in [5.74, 6) is -0.885. The third kappa shape index (κ3) is 2.77. The van der Waals surface area contributed by atoms with Gasteiger partial charge in [0.05, 0.1) is 4.90 Å². The SMILES string of the molecule is Cc1ccc(Sc2cc(F)ccc2F)cc1N. The van der Waals surface area contributed by atoms with E-state index in [0.29, 0.717) is 5.69 Å². The molecule has 2 N–H and O–H groups in total. The highest BCUT2D eigenvalue weighted by Crippen LogP contribution is 2.31. The third-order valence-electron chi connectivity index (χ3n) is 2.37. The number of halogens is 2. The Hall–Kier alpha value is -1.55. The van der Waals surface area contributed by atoms with Crippen molar-refractivity contribution in [1.29, 1.82) is 0 Å². The number of aryl methyl sites for hydroxylation is 1. The van der Waals surface area contributed by atoms with E-state index in [2.05, 4.69) is 0 Å². The normalized spacial score (nSPS) is 10.5. The summed E-state index contributed by atoms with van der Waals surface area (Å²) in [5, 5.41) is 0. The van der Waals surface area contributed by atoms with Crippen molar-refractivity contribution in [3.63, 3.8) is 0 Å². The van der Waals surface area contributed by atoms with E-state index in [-0.39, 0.29) is 4.90 Å². The van der Waals surface area contributed by atoms with Crippen LogP contribution in [0.4, 0.5) is 14.5 Å². The van der Waals surface area contributed by atoms with E-state index in [0.717, 1.165) is 34.4 Å². The van der Waals surface area contributed by atoms with Gasteiger partial charge in [0.25, 0.3) is 0 Å². The molecule has 0 aromatic heterocycles. The average molecular weight is 251 g/mol. The van der Waals surface area contributed by atoms with Crippen LogP contribution in [0.1, 0.15) is 5.56 Å². The largest absolute Gasteiger partial charge is 0.398 e. The second-order valence-corrected chi connectivity index (χ2v) is 4.81. The summed E-state index contributed by atoms with van der Waals surface area (Å²) in [5.41, 5.74) is 7.37. The van der Waals surface area contributed by atoms with Gasteiger partial charge in [-0.05, 0) is 42.8 Å². The molecule has 2 aromatic rings. The van der Waals surface area contributed by atoms with E-state index in [1.54, 1.807) is 6.07 Å². The van der Waals surface area contributed by atoms with E-state index >= 15 is 0 Å². The molecule has 0 aliphatic heterocycles. The maximum Gasteiger partial charge on any atom is 0.137 e. The summed E-state index contributed by atoms with van der Waals surface area (Å²) in [6.45, 7) is 1.90. The van der Waals surface area contributed by atoms with Crippen LogP contribution >= 0.6 is 11.8 Å². The van der Waals surface area contributed by atoms with Gasteiger partial charge in [0.2, 0.25) is 0 Å². The molecule has 1 nitrogen and oxygen atoms in total. The van der Waals surface area contributed by atoms with E-state index < -0.39 is 11.6 Å². The van der Waals surface area contributed by atoms with Gasteiger partial charge in [0.1, 0.15) is 11.6 Å². The molecule has 0 aliphatic rings. The first kappa shape index (κ1) is 11.9. The van der Waals surface area contributed by atoms with Crippen molar-refractivity contribution < 1.29 is 8.78 Å². The molecule has 0 saturated heterocycles. The van der Waals surface area contributed by atoms with E-state index in [1.165, 1.54) is 6.07 Å². The topological polar surface area (TPSA) is 26.0 Å². The molecule has 88 valence electrons. The van der Waals surface area contributed by atoms with E-state index in [4.69, 9.17) is 5.73 Å². The average Bonchev–Trinajstić information content (AvgIpc) is 2.29. The molecular formula is C13H11F2NS. The number of benzene rings is 2. The molecule has 0 aliphatic carbocycles. The van der Waals surface area contributed by atoms with Gasteiger partial charge in [-0.25, -0.2) is 8.78 Å². The minimum absolute atomic E-state index is 0.258. The van der Waals surface area contributed by atoms with Crippen molar-refractivity contribution in [2.75, 3.05) is 5.73 Å². The van der Waals surface area contributed by atoms with Crippen LogP contribution in [0.3, 0.4) is 0 Å². The molecule has 0 fully saturated rings. The molecule has 2 rings (SSSR count). The zero-order valence-electron chi connectivity index (χ0n) is 9.21. The number of hydrogen-bond acceptors (Lipinski definition) is 2. The standard InChI is InChI=1S/C13H11F2NS/c1-8-2-4-10(7-12(8)16)17-13-6-9(14)3-5-11(13)15/h2-7H,16H2,1H3. The fourth-order valence-electron chi connectivity index (χ4n) is 1.36. The number of rotatable bonds is 2. The Morgan fingerprint density at radius 3 is 2.53 bits per heavy atom. The fraction of sp³-hybridized carbons (Fsp3) is 0.0769. The predicted molar refractivity (Wildman–Crippen MR) is 66.1 cm³/mol. The second kappa shape index (κ2) is 4.75. The first-order chi connectivity index (χ1) is 8.06. The van der Waals surface area contributed by atoms with Crippen LogP contribution in [0.25, 0.3) is 0 Å². The molecule has 0 saturated carbocycles. The van der Waals surface area contributed by atoms with Crippen LogP contribution < -0.4 is 5.73 Å². The molecular weight excluding hydrogens is 240 g/mol. The van der Waals surface area contributed by atoms with Crippen molar-refractivity contribution in [2.24, 2.45) is 0 Å². The lowest BCUT2D eigenvalue weighted by molar-refractivity contribution is 0.577.